The van der Waals surface area contributed by atoms with Crippen LogP contribution in [0.5, 0.6) is 6.01 Å². The van der Waals surface area contributed by atoms with Gasteiger partial charge in [0.1, 0.15) is 0 Å². The molecule has 0 aliphatic carbocycles. The third kappa shape index (κ3) is 4.07. The van der Waals surface area contributed by atoms with E-state index in [1.54, 1.807) is 17.3 Å². The number of halogens is 2. The first-order chi connectivity index (χ1) is 14.0. The molecule has 1 unspecified atom stereocenters. The zero-order valence-corrected chi connectivity index (χ0v) is 16.4. The fourth-order valence-corrected chi connectivity index (χ4v) is 4.42. The zero-order valence-electron chi connectivity index (χ0n) is 16.4. The number of rotatable bonds is 5. The summed E-state index contributed by atoms with van der Waals surface area (Å²) in [5.74, 6) is -1.64. The number of amides is 1. The Hall–Kier alpha value is -2.61. The fraction of sp³-hybridized carbons (Fsp3) is 0.476. The van der Waals surface area contributed by atoms with Crippen LogP contribution in [0.2, 0.25) is 0 Å². The molecule has 2 fully saturated rings. The van der Waals surface area contributed by atoms with Gasteiger partial charge in [0.25, 0.3) is 0 Å². The molecule has 2 saturated heterocycles. The molecule has 2 aliphatic rings. The van der Waals surface area contributed by atoms with Crippen LogP contribution in [0.15, 0.2) is 30.6 Å². The summed E-state index contributed by atoms with van der Waals surface area (Å²) >= 11 is 0. The van der Waals surface area contributed by atoms with Gasteiger partial charge in [0.2, 0.25) is 5.91 Å². The van der Waals surface area contributed by atoms with Crippen molar-refractivity contribution in [2.45, 2.75) is 32.4 Å². The lowest BCUT2D eigenvalue weighted by molar-refractivity contribution is -0.146. The SMILES string of the molecule is COc1ncc(CN2CCC3(CCCN(Cc4ccc(F)c(F)c4)C3=O)C2)cn1. The number of aromatic nitrogens is 2. The summed E-state index contributed by atoms with van der Waals surface area (Å²) in [5.41, 5.74) is 1.19. The van der Waals surface area contributed by atoms with Crippen molar-refractivity contribution in [3.05, 3.63) is 53.4 Å². The molecule has 8 heteroatoms. The molecule has 2 aromatic rings. The molecule has 29 heavy (non-hydrogen) atoms. The predicted molar refractivity (Wildman–Crippen MR) is 102 cm³/mol. The van der Waals surface area contributed by atoms with Gasteiger partial charge in [-0.1, -0.05) is 6.07 Å². The van der Waals surface area contributed by atoms with Crippen LogP contribution in [0.1, 0.15) is 30.4 Å². The average molecular weight is 402 g/mol. The molecule has 3 heterocycles. The number of methoxy groups -OCH3 is 1. The fourth-order valence-electron chi connectivity index (χ4n) is 4.42. The van der Waals surface area contributed by atoms with Crippen molar-refractivity contribution >= 4 is 5.91 Å². The van der Waals surface area contributed by atoms with Gasteiger partial charge in [-0.3, -0.25) is 9.69 Å². The van der Waals surface area contributed by atoms with Crippen LogP contribution in [0.4, 0.5) is 8.78 Å². The van der Waals surface area contributed by atoms with E-state index in [4.69, 9.17) is 4.74 Å². The van der Waals surface area contributed by atoms with Gasteiger partial charge in [0.15, 0.2) is 11.6 Å². The van der Waals surface area contributed by atoms with E-state index in [9.17, 15) is 13.6 Å². The molecule has 1 aromatic carbocycles. The normalized spacial score (nSPS) is 22.4. The minimum Gasteiger partial charge on any atom is -0.467 e. The van der Waals surface area contributed by atoms with Crippen molar-refractivity contribution < 1.29 is 18.3 Å². The third-order valence-electron chi connectivity index (χ3n) is 5.88. The Morgan fingerprint density at radius 3 is 2.59 bits per heavy atom. The first-order valence-electron chi connectivity index (χ1n) is 9.80. The Bertz CT molecular complexity index is 893. The number of likely N-dealkylation sites (tertiary alicyclic amines) is 2. The van der Waals surface area contributed by atoms with Gasteiger partial charge in [0.05, 0.1) is 12.5 Å². The van der Waals surface area contributed by atoms with Crippen LogP contribution < -0.4 is 4.74 Å². The lowest BCUT2D eigenvalue weighted by atomic mass is 9.78. The maximum absolute atomic E-state index is 13.5. The molecule has 1 aromatic heterocycles. The van der Waals surface area contributed by atoms with E-state index in [-0.39, 0.29) is 5.91 Å². The molecule has 2 aliphatic heterocycles. The number of hydrogen-bond acceptors (Lipinski definition) is 5. The van der Waals surface area contributed by atoms with E-state index in [0.717, 1.165) is 37.4 Å². The minimum absolute atomic E-state index is 0.113. The van der Waals surface area contributed by atoms with E-state index >= 15 is 0 Å². The largest absolute Gasteiger partial charge is 0.467 e. The molecular weight excluding hydrogens is 378 g/mol. The monoisotopic (exact) mass is 402 g/mol. The lowest BCUT2D eigenvalue weighted by Crippen LogP contribution is -2.49. The Labute approximate surface area is 168 Å². The Kier molecular flexibility index (Phi) is 5.45. The van der Waals surface area contributed by atoms with Gasteiger partial charge in [-0.05, 0) is 43.5 Å². The van der Waals surface area contributed by atoms with Crippen LogP contribution in [-0.2, 0) is 17.9 Å². The Balaban J connectivity index is 1.42. The smallest absolute Gasteiger partial charge is 0.316 e. The molecular formula is C21H24F2N4O2. The average Bonchev–Trinajstić information content (AvgIpc) is 3.12. The number of carbonyl (C=O) groups is 1. The maximum atomic E-state index is 13.5. The summed E-state index contributed by atoms with van der Waals surface area (Å²) < 4.78 is 31.7. The number of nitrogens with zero attached hydrogens (tertiary/aromatic N) is 4. The molecule has 6 nitrogen and oxygen atoms in total. The quantitative estimate of drug-likeness (QED) is 0.770. The Morgan fingerprint density at radius 2 is 1.86 bits per heavy atom. The second-order valence-electron chi connectivity index (χ2n) is 7.90. The van der Waals surface area contributed by atoms with E-state index in [2.05, 4.69) is 14.9 Å². The highest BCUT2D eigenvalue weighted by Gasteiger charge is 2.48. The summed E-state index contributed by atoms with van der Waals surface area (Å²) in [6.07, 6.45) is 6.06. The molecule has 0 saturated carbocycles. The maximum Gasteiger partial charge on any atom is 0.316 e. The van der Waals surface area contributed by atoms with Gasteiger partial charge in [-0.2, -0.15) is 0 Å². The molecule has 4 rings (SSSR count). The van der Waals surface area contributed by atoms with Gasteiger partial charge < -0.3 is 9.64 Å². The van der Waals surface area contributed by atoms with Crippen LogP contribution in [0, 0.1) is 17.0 Å². The summed E-state index contributed by atoms with van der Waals surface area (Å²) in [6, 6.07) is 4.16. The van der Waals surface area contributed by atoms with Crippen molar-refractivity contribution in [1.29, 1.82) is 0 Å². The van der Waals surface area contributed by atoms with E-state index in [1.807, 2.05) is 0 Å². The summed E-state index contributed by atoms with van der Waals surface area (Å²) in [7, 11) is 1.53. The number of piperidine rings is 1. The zero-order chi connectivity index (χ0) is 20.4. The van der Waals surface area contributed by atoms with Gasteiger partial charge in [0, 0.05) is 44.1 Å². The lowest BCUT2D eigenvalue weighted by Gasteiger charge is -2.39. The molecule has 1 spiro atoms. The number of carbonyl (C=O) groups excluding carboxylic acids is 1. The highest BCUT2D eigenvalue weighted by atomic mass is 19.2. The van der Waals surface area contributed by atoms with Crippen LogP contribution in [0.25, 0.3) is 0 Å². The molecule has 1 atom stereocenters. The number of benzene rings is 1. The van der Waals surface area contributed by atoms with Crippen molar-refractivity contribution in [1.82, 2.24) is 19.8 Å². The molecule has 0 bridgehead atoms. The van der Waals surface area contributed by atoms with Crippen molar-refractivity contribution in [2.24, 2.45) is 5.41 Å². The summed E-state index contributed by atoms with van der Waals surface area (Å²) in [6.45, 7) is 3.15. The number of ether oxygens (including phenoxy) is 1. The first-order valence-corrected chi connectivity index (χ1v) is 9.80. The van der Waals surface area contributed by atoms with Crippen LogP contribution >= 0.6 is 0 Å². The standard InChI is InChI=1S/C21H24F2N4O2/c1-29-20-24-10-16(11-25-20)12-26-8-6-21(14-26)5-2-7-27(19(21)28)13-15-3-4-17(22)18(23)9-15/h3-4,9-11H,2,5-8,12-14H2,1H3. The second-order valence-corrected chi connectivity index (χ2v) is 7.90. The minimum atomic E-state index is -0.879. The summed E-state index contributed by atoms with van der Waals surface area (Å²) in [4.78, 5) is 25.6. The molecule has 1 amide bonds. The van der Waals surface area contributed by atoms with Gasteiger partial charge >= 0.3 is 6.01 Å². The first kappa shape index (κ1) is 19.7. The van der Waals surface area contributed by atoms with Crippen LogP contribution in [0.3, 0.4) is 0 Å². The number of hydrogen-bond donors (Lipinski definition) is 0. The van der Waals surface area contributed by atoms with Gasteiger partial charge in [-0.25, -0.2) is 18.7 Å². The van der Waals surface area contributed by atoms with Gasteiger partial charge in [-0.15, -0.1) is 0 Å². The topological polar surface area (TPSA) is 58.6 Å². The van der Waals surface area contributed by atoms with E-state index in [1.165, 1.54) is 19.2 Å². The van der Waals surface area contributed by atoms with E-state index < -0.39 is 17.0 Å². The van der Waals surface area contributed by atoms with Crippen LogP contribution in [-0.4, -0.2) is 52.4 Å². The van der Waals surface area contributed by atoms with Crippen molar-refractivity contribution in [3.63, 3.8) is 0 Å². The highest BCUT2D eigenvalue weighted by Crippen LogP contribution is 2.41. The molecule has 0 N–H and O–H groups in total. The Morgan fingerprint density at radius 1 is 1.07 bits per heavy atom. The molecule has 154 valence electrons. The van der Waals surface area contributed by atoms with E-state index in [0.29, 0.717) is 37.8 Å². The van der Waals surface area contributed by atoms with Crippen molar-refractivity contribution in [2.75, 3.05) is 26.7 Å². The molecule has 0 radical (unpaired) electrons. The summed E-state index contributed by atoms with van der Waals surface area (Å²) in [5, 5.41) is 0. The van der Waals surface area contributed by atoms with Crippen molar-refractivity contribution in [3.8, 4) is 6.01 Å². The third-order valence-corrected chi connectivity index (χ3v) is 5.88. The second kappa shape index (κ2) is 8.02. The highest BCUT2D eigenvalue weighted by molar-refractivity contribution is 5.84. The predicted octanol–water partition coefficient (Wildman–Crippen LogP) is 2.78.